The highest BCUT2D eigenvalue weighted by molar-refractivity contribution is 14.0. The minimum Gasteiger partial charge on any atom is -0.235 e. The van der Waals surface area contributed by atoms with Gasteiger partial charge in [-0.2, -0.15) is 0 Å². The van der Waals surface area contributed by atoms with E-state index in [0.29, 0.717) is 5.69 Å². The number of anilines is 1. The van der Waals surface area contributed by atoms with E-state index in [-0.39, 0.29) is 24.0 Å². The summed E-state index contributed by atoms with van der Waals surface area (Å²) < 4.78 is 0. The van der Waals surface area contributed by atoms with E-state index in [2.05, 4.69) is 0 Å². The van der Waals surface area contributed by atoms with E-state index in [9.17, 15) is 10.1 Å². The summed E-state index contributed by atoms with van der Waals surface area (Å²) in [4.78, 5) is 9.86. The van der Waals surface area contributed by atoms with Crippen molar-refractivity contribution in [3.63, 3.8) is 0 Å². The van der Waals surface area contributed by atoms with Crippen LogP contribution in [0.1, 0.15) is 0 Å². The molecule has 4 nitrogen and oxygen atoms in total. The number of para-hydroxylation sites is 1. The van der Waals surface area contributed by atoms with E-state index in [4.69, 9.17) is 0 Å². The molecule has 0 atom stereocenters. The smallest absolute Gasteiger partial charge is 0.162 e. The van der Waals surface area contributed by atoms with Gasteiger partial charge in [0.15, 0.2) is 5.03 Å². The first kappa shape index (κ1) is 10.2. The Balaban J connectivity index is 0.000001000. The predicted octanol–water partition coefficient (Wildman–Crippen LogP) is 1.91. The Morgan fingerprint density at radius 2 is 1.82 bits per heavy atom. The van der Waals surface area contributed by atoms with Crippen LogP contribution < -0.4 is 5.43 Å². The molecule has 0 fully saturated rings. The number of rotatable bonds is 2. The van der Waals surface area contributed by atoms with Gasteiger partial charge in [0, 0.05) is 0 Å². The standard InChI is InChI=1S/C6H6N2O2.HI/c9-8(10)7-6-4-2-1-3-5-6;/h1-5,7H;1H. The van der Waals surface area contributed by atoms with Crippen LogP contribution in [-0.4, -0.2) is 5.03 Å². The molecule has 0 spiro atoms. The molecule has 0 saturated carbocycles. The van der Waals surface area contributed by atoms with Crippen molar-refractivity contribution in [1.29, 1.82) is 0 Å². The summed E-state index contributed by atoms with van der Waals surface area (Å²) >= 11 is 0. The zero-order valence-electron chi connectivity index (χ0n) is 5.56. The minimum absolute atomic E-state index is 0. The second-order valence-electron chi connectivity index (χ2n) is 1.73. The number of nitrogens with one attached hydrogen (secondary N) is 1. The van der Waals surface area contributed by atoms with Gasteiger partial charge in [0.05, 0.1) is 0 Å². The zero-order chi connectivity index (χ0) is 7.40. The number of nitrogens with zero attached hydrogens (tertiary/aromatic N) is 1. The molecule has 0 aromatic heterocycles. The molecule has 1 aromatic carbocycles. The first-order valence-electron chi connectivity index (χ1n) is 2.75. The Labute approximate surface area is 80.7 Å². The van der Waals surface area contributed by atoms with Crippen molar-refractivity contribution < 1.29 is 5.03 Å². The number of nitro groups is 1. The molecule has 0 amide bonds. The van der Waals surface area contributed by atoms with E-state index in [0.717, 1.165) is 0 Å². The molecule has 0 aliphatic rings. The molecule has 1 N–H and O–H groups in total. The van der Waals surface area contributed by atoms with E-state index < -0.39 is 5.03 Å². The van der Waals surface area contributed by atoms with Crippen molar-refractivity contribution >= 4 is 29.7 Å². The second-order valence-corrected chi connectivity index (χ2v) is 1.73. The van der Waals surface area contributed by atoms with E-state index >= 15 is 0 Å². The average Bonchev–Trinajstić information content (AvgIpc) is 1.88. The Kier molecular flexibility index (Phi) is 4.51. The fourth-order valence-electron chi connectivity index (χ4n) is 0.618. The van der Waals surface area contributed by atoms with Crippen LogP contribution in [0.4, 0.5) is 5.69 Å². The lowest BCUT2D eigenvalue weighted by molar-refractivity contribution is -0.445. The maximum atomic E-state index is 9.86. The molecule has 11 heavy (non-hydrogen) atoms. The van der Waals surface area contributed by atoms with Gasteiger partial charge >= 0.3 is 0 Å². The van der Waals surface area contributed by atoms with E-state index in [1.54, 1.807) is 30.3 Å². The molecule has 0 aliphatic carbocycles. The van der Waals surface area contributed by atoms with Crippen LogP contribution in [0.15, 0.2) is 30.3 Å². The Bertz CT molecular complexity index is 227. The van der Waals surface area contributed by atoms with Gasteiger partial charge in [0.1, 0.15) is 5.69 Å². The lowest BCUT2D eigenvalue weighted by Crippen LogP contribution is -2.06. The molecule has 1 aromatic rings. The lowest BCUT2D eigenvalue weighted by atomic mass is 10.3. The fraction of sp³-hybridized carbons (Fsp3) is 0. The quantitative estimate of drug-likeness (QED) is 0.505. The SMILES string of the molecule is I.O=[N+]([O-])Nc1ccccc1. The molecule has 60 valence electrons. The first-order valence-corrected chi connectivity index (χ1v) is 2.75. The molecular formula is C6H7IN2O2. The van der Waals surface area contributed by atoms with Crippen LogP contribution in [0.5, 0.6) is 0 Å². The van der Waals surface area contributed by atoms with Crippen LogP contribution in [0.2, 0.25) is 0 Å². The summed E-state index contributed by atoms with van der Waals surface area (Å²) in [5.41, 5.74) is 2.52. The highest BCUT2D eigenvalue weighted by Gasteiger charge is 1.93. The van der Waals surface area contributed by atoms with Crippen LogP contribution in [0.25, 0.3) is 0 Å². The van der Waals surface area contributed by atoms with Gasteiger partial charge in [0.2, 0.25) is 0 Å². The van der Waals surface area contributed by atoms with Crippen molar-refractivity contribution in [2.75, 3.05) is 5.43 Å². The fourth-order valence-corrected chi connectivity index (χ4v) is 0.618. The third-order valence-corrected chi connectivity index (χ3v) is 0.994. The number of hydrogen-bond donors (Lipinski definition) is 1. The monoisotopic (exact) mass is 266 g/mol. The number of halogens is 1. The lowest BCUT2D eigenvalue weighted by Gasteiger charge is -1.93. The first-order chi connectivity index (χ1) is 4.79. The molecule has 0 heterocycles. The minimum atomic E-state index is -0.588. The van der Waals surface area contributed by atoms with Crippen LogP contribution in [0.3, 0.4) is 0 Å². The molecule has 0 unspecified atom stereocenters. The van der Waals surface area contributed by atoms with Gasteiger partial charge in [-0.3, -0.25) is 0 Å². The number of hydrogen-bond acceptors (Lipinski definition) is 2. The van der Waals surface area contributed by atoms with Crippen molar-refractivity contribution in [2.24, 2.45) is 0 Å². The second kappa shape index (κ2) is 4.89. The summed E-state index contributed by atoms with van der Waals surface area (Å²) in [6.07, 6.45) is 0. The van der Waals surface area contributed by atoms with Gasteiger partial charge in [-0.1, -0.05) is 18.2 Å². The van der Waals surface area contributed by atoms with Gasteiger partial charge in [0.25, 0.3) is 0 Å². The number of hydrazine groups is 1. The summed E-state index contributed by atoms with van der Waals surface area (Å²) in [5.74, 6) is 0. The molecule has 0 bridgehead atoms. The zero-order valence-corrected chi connectivity index (χ0v) is 7.89. The van der Waals surface area contributed by atoms with Crippen LogP contribution in [0, 0.1) is 10.1 Å². The highest BCUT2D eigenvalue weighted by Crippen LogP contribution is 2.03. The van der Waals surface area contributed by atoms with Crippen molar-refractivity contribution in [3.05, 3.63) is 40.4 Å². The summed E-state index contributed by atoms with van der Waals surface area (Å²) in [6.45, 7) is 0. The van der Waals surface area contributed by atoms with Gasteiger partial charge in [-0.15, -0.1) is 29.4 Å². The maximum Gasteiger partial charge on any atom is 0.162 e. The molecule has 0 aliphatic heterocycles. The molecular weight excluding hydrogens is 259 g/mol. The Morgan fingerprint density at radius 1 is 1.27 bits per heavy atom. The third kappa shape index (κ3) is 3.76. The summed E-state index contributed by atoms with van der Waals surface area (Å²) in [5, 5.41) is 9.28. The van der Waals surface area contributed by atoms with Crippen molar-refractivity contribution in [2.45, 2.75) is 0 Å². The van der Waals surface area contributed by atoms with Gasteiger partial charge < -0.3 is 0 Å². The van der Waals surface area contributed by atoms with Crippen LogP contribution >= 0.6 is 24.0 Å². The van der Waals surface area contributed by atoms with E-state index in [1.165, 1.54) is 0 Å². The van der Waals surface area contributed by atoms with Gasteiger partial charge in [-0.25, -0.2) is 10.1 Å². The Hall–Kier alpha value is -0.850. The van der Waals surface area contributed by atoms with Gasteiger partial charge in [-0.05, 0) is 12.1 Å². The van der Waals surface area contributed by atoms with E-state index in [1.807, 2.05) is 5.43 Å². The average molecular weight is 266 g/mol. The summed E-state index contributed by atoms with van der Waals surface area (Å²) in [6, 6.07) is 8.51. The highest BCUT2D eigenvalue weighted by atomic mass is 127. The predicted molar refractivity (Wildman–Crippen MR) is 52.5 cm³/mol. The molecule has 0 radical (unpaired) electrons. The molecule has 5 heteroatoms. The third-order valence-electron chi connectivity index (χ3n) is 0.994. The topological polar surface area (TPSA) is 55.2 Å². The maximum absolute atomic E-state index is 9.86. The largest absolute Gasteiger partial charge is 0.235 e. The number of benzene rings is 1. The van der Waals surface area contributed by atoms with Crippen LogP contribution in [-0.2, 0) is 0 Å². The Morgan fingerprint density at radius 3 is 2.27 bits per heavy atom. The molecule has 0 saturated heterocycles. The summed E-state index contributed by atoms with van der Waals surface area (Å²) in [7, 11) is 0. The van der Waals surface area contributed by atoms with Crippen molar-refractivity contribution in [3.8, 4) is 0 Å². The van der Waals surface area contributed by atoms with Crippen molar-refractivity contribution in [1.82, 2.24) is 0 Å². The normalized spacial score (nSPS) is 8.00. The molecule has 1 rings (SSSR count).